The molecule has 0 aliphatic carbocycles. The summed E-state index contributed by atoms with van der Waals surface area (Å²) in [6.07, 6.45) is 2.81. The second kappa shape index (κ2) is 7.25. The van der Waals surface area contributed by atoms with Crippen molar-refractivity contribution in [3.05, 3.63) is 47.4 Å². The highest BCUT2D eigenvalue weighted by molar-refractivity contribution is 5.93. The Kier molecular flexibility index (Phi) is 4.80. The minimum absolute atomic E-state index is 0.0891. The van der Waals surface area contributed by atoms with Crippen molar-refractivity contribution in [2.75, 3.05) is 31.6 Å². The molecule has 3 heterocycles. The lowest BCUT2D eigenvalue weighted by Crippen LogP contribution is -2.47. The Bertz CT molecular complexity index is 819. The van der Waals surface area contributed by atoms with Crippen LogP contribution in [0.4, 0.5) is 11.5 Å². The fourth-order valence-corrected chi connectivity index (χ4v) is 3.74. The van der Waals surface area contributed by atoms with Gasteiger partial charge in [-0.3, -0.25) is 4.79 Å². The summed E-state index contributed by atoms with van der Waals surface area (Å²) in [7, 11) is 0. The minimum Gasteiger partial charge on any atom is -0.347 e. The number of nitrogens with zero attached hydrogens (tertiary/aromatic N) is 3. The van der Waals surface area contributed by atoms with Crippen molar-refractivity contribution in [2.45, 2.75) is 32.5 Å². The molecule has 7 nitrogen and oxygen atoms in total. The highest BCUT2D eigenvalue weighted by Crippen LogP contribution is 2.31. The summed E-state index contributed by atoms with van der Waals surface area (Å²) in [6.45, 7) is 6.56. The van der Waals surface area contributed by atoms with Crippen molar-refractivity contribution in [1.29, 1.82) is 0 Å². The summed E-state index contributed by atoms with van der Waals surface area (Å²) in [5.41, 5.74) is 3.67. The second-order valence-corrected chi connectivity index (χ2v) is 7.19. The number of ether oxygens (including phenoxy) is 2. The van der Waals surface area contributed by atoms with Gasteiger partial charge >= 0.3 is 0 Å². The molecule has 4 rings (SSSR count). The molecule has 27 heavy (non-hydrogen) atoms. The van der Waals surface area contributed by atoms with E-state index in [0.717, 1.165) is 5.69 Å². The van der Waals surface area contributed by atoms with Crippen LogP contribution in [0, 0.1) is 13.8 Å². The first-order valence-electron chi connectivity index (χ1n) is 9.28. The number of rotatable bonds is 3. The largest absolute Gasteiger partial charge is 0.347 e. The van der Waals surface area contributed by atoms with Crippen LogP contribution in [0.15, 0.2) is 30.6 Å². The molecule has 1 aromatic heterocycles. The quantitative estimate of drug-likeness (QED) is 0.898. The van der Waals surface area contributed by atoms with Crippen LogP contribution >= 0.6 is 0 Å². The molecule has 0 saturated carbocycles. The van der Waals surface area contributed by atoms with E-state index in [4.69, 9.17) is 9.47 Å². The van der Waals surface area contributed by atoms with Crippen LogP contribution in [0.2, 0.25) is 0 Å². The summed E-state index contributed by atoms with van der Waals surface area (Å²) >= 11 is 0. The zero-order chi connectivity index (χ0) is 18.9. The molecule has 0 bridgehead atoms. The van der Waals surface area contributed by atoms with E-state index in [1.165, 1.54) is 17.5 Å². The van der Waals surface area contributed by atoms with Crippen LogP contribution < -0.4 is 5.32 Å². The fourth-order valence-electron chi connectivity index (χ4n) is 3.74. The zero-order valence-electron chi connectivity index (χ0n) is 15.7. The monoisotopic (exact) mass is 368 g/mol. The molecule has 2 aromatic rings. The number of nitrogens with one attached hydrogen (secondary N) is 1. The second-order valence-electron chi connectivity index (χ2n) is 7.19. The lowest BCUT2D eigenvalue weighted by Gasteiger charge is -2.37. The molecular formula is C20H24N4O3. The minimum atomic E-state index is -0.488. The fraction of sp³-hybridized carbons (Fsp3) is 0.450. The van der Waals surface area contributed by atoms with E-state index < -0.39 is 5.79 Å². The van der Waals surface area contributed by atoms with Crippen molar-refractivity contribution >= 4 is 17.4 Å². The van der Waals surface area contributed by atoms with Gasteiger partial charge in [-0.25, -0.2) is 9.97 Å². The van der Waals surface area contributed by atoms with Gasteiger partial charge in [0, 0.05) is 37.7 Å². The Morgan fingerprint density at radius 3 is 2.37 bits per heavy atom. The lowest BCUT2D eigenvalue weighted by molar-refractivity contribution is -0.181. The van der Waals surface area contributed by atoms with Crippen molar-refractivity contribution in [3.63, 3.8) is 0 Å². The summed E-state index contributed by atoms with van der Waals surface area (Å²) in [4.78, 5) is 23.1. The Morgan fingerprint density at radius 2 is 1.70 bits per heavy atom. The van der Waals surface area contributed by atoms with E-state index in [2.05, 4.69) is 21.4 Å². The highest BCUT2D eigenvalue weighted by Gasteiger charge is 2.41. The van der Waals surface area contributed by atoms with Crippen LogP contribution in [0.25, 0.3) is 0 Å². The van der Waals surface area contributed by atoms with E-state index in [9.17, 15) is 4.79 Å². The van der Waals surface area contributed by atoms with Gasteiger partial charge in [-0.05, 0) is 37.1 Å². The number of aryl methyl sites for hydroxylation is 2. The number of hydrogen-bond donors (Lipinski definition) is 1. The van der Waals surface area contributed by atoms with Crippen molar-refractivity contribution < 1.29 is 14.3 Å². The molecule has 1 amide bonds. The SMILES string of the molecule is Cc1cc(C)cc(Nc2cc(C(=O)N3CCC4(CC3)OCCO4)ncn2)c1. The maximum atomic E-state index is 12.8. The third-order valence-electron chi connectivity index (χ3n) is 5.01. The number of aromatic nitrogens is 2. The molecule has 142 valence electrons. The number of likely N-dealkylation sites (tertiary alicyclic amines) is 1. The van der Waals surface area contributed by atoms with Gasteiger partial charge in [0.2, 0.25) is 0 Å². The number of benzene rings is 1. The van der Waals surface area contributed by atoms with Gasteiger partial charge in [-0.1, -0.05) is 6.07 Å². The van der Waals surface area contributed by atoms with Gasteiger partial charge in [-0.15, -0.1) is 0 Å². The maximum Gasteiger partial charge on any atom is 0.272 e. The standard InChI is InChI=1S/C20H24N4O3/c1-14-9-15(2)11-16(10-14)23-18-12-17(21-13-22-18)19(25)24-5-3-20(4-6-24)26-7-8-27-20/h9-13H,3-8H2,1-2H3,(H,21,22,23). The molecule has 0 atom stereocenters. The van der Waals surface area contributed by atoms with Crippen LogP contribution in [-0.4, -0.2) is 52.9 Å². The van der Waals surface area contributed by atoms with Crippen LogP contribution in [0.3, 0.4) is 0 Å². The van der Waals surface area contributed by atoms with Crippen LogP contribution in [0.5, 0.6) is 0 Å². The molecule has 2 fully saturated rings. The molecule has 1 aromatic carbocycles. The number of carbonyl (C=O) groups excluding carboxylic acids is 1. The van der Waals surface area contributed by atoms with Gasteiger partial charge in [0.25, 0.3) is 5.91 Å². The highest BCUT2D eigenvalue weighted by atomic mass is 16.7. The third kappa shape index (κ3) is 3.94. The maximum absolute atomic E-state index is 12.8. The number of amides is 1. The number of anilines is 2. The lowest BCUT2D eigenvalue weighted by atomic mass is 10.0. The normalized spacial score (nSPS) is 18.7. The van der Waals surface area contributed by atoms with Gasteiger partial charge in [-0.2, -0.15) is 0 Å². The van der Waals surface area contributed by atoms with E-state index in [1.54, 1.807) is 11.0 Å². The van der Waals surface area contributed by atoms with E-state index in [-0.39, 0.29) is 5.91 Å². The van der Waals surface area contributed by atoms with E-state index >= 15 is 0 Å². The van der Waals surface area contributed by atoms with Gasteiger partial charge in [0.1, 0.15) is 17.8 Å². The summed E-state index contributed by atoms with van der Waals surface area (Å²) in [6, 6.07) is 7.90. The Labute approximate surface area is 158 Å². The van der Waals surface area contributed by atoms with Crippen LogP contribution in [-0.2, 0) is 9.47 Å². The molecule has 1 N–H and O–H groups in total. The molecular weight excluding hydrogens is 344 g/mol. The summed E-state index contributed by atoms with van der Waals surface area (Å²) < 4.78 is 11.4. The Balaban J connectivity index is 1.45. The predicted octanol–water partition coefficient (Wildman–Crippen LogP) is 2.82. The predicted molar refractivity (Wildman–Crippen MR) is 101 cm³/mol. The Morgan fingerprint density at radius 1 is 1.04 bits per heavy atom. The Hall–Kier alpha value is -2.51. The smallest absolute Gasteiger partial charge is 0.272 e. The summed E-state index contributed by atoms with van der Waals surface area (Å²) in [5.74, 6) is 0.0288. The third-order valence-corrected chi connectivity index (χ3v) is 5.01. The van der Waals surface area contributed by atoms with Crippen molar-refractivity contribution in [2.24, 2.45) is 0 Å². The molecule has 7 heteroatoms. The average molecular weight is 368 g/mol. The van der Waals surface area contributed by atoms with Crippen molar-refractivity contribution in [3.8, 4) is 0 Å². The average Bonchev–Trinajstić information content (AvgIpc) is 3.09. The van der Waals surface area contributed by atoms with Gasteiger partial charge in [0.15, 0.2) is 5.79 Å². The molecule has 1 spiro atoms. The van der Waals surface area contributed by atoms with Crippen molar-refractivity contribution in [1.82, 2.24) is 14.9 Å². The first-order chi connectivity index (χ1) is 13.0. The molecule has 2 aliphatic rings. The summed E-state index contributed by atoms with van der Waals surface area (Å²) in [5, 5.41) is 3.26. The molecule has 2 saturated heterocycles. The molecule has 2 aliphatic heterocycles. The first-order valence-corrected chi connectivity index (χ1v) is 9.28. The van der Waals surface area contributed by atoms with E-state index in [0.29, 0.717) is 50.7 Å². The molecule has 0 radical (unpaired) electrons. The number of carbonyl (C=O) groups is 1. The van der Waals surface area contributed by atoms with Gasteiger partial charge < -0.3 is 19.7 Å². The zero-order valence-corrected chi connectivity index (χ0v) is 15.7. The van der Waals surface area contributed by atoms with Crippen LogP contribution in [0.1, 0.15) is 34.5 Å². The number of hydrogen-bond acceptors (Lipinski definition) is 6. The molecule has 0 unspecified atom stereocenters. The first kappa shape index (κ1) is 17.9. The van der Waals surface area contributed by atoms with E-state index in [1.807, 2.05) is 26.0 Å². The number of piperidine rings is 1. The topological polar surface area (TPSA) is 76.6 Å². The van der Waals surface area contributed by atoms with Gasteiger partial charge in [0.05, 0.1) is 13.2 Å².